The highest BCUT2D eigenvalue weighted by atomic mass is 16.5. The lowest BCUT2D eigenvalue weighted by atomic mass is 10.0. The van der Waals surface area contributed by atoms with Crippen molar-refractivity contribution in [1.29, 1.82) is 0 Å². The van der Waals surface area contributed by atoms with Crippen molar-refractivity contribution < 1.29 is 23.9 Å². The molecule has 0 aliphatic carbocycles. The first-order valence-corrected chi connectivity index (χ1v) is 11.5. The molecule has 0 fully saturated rings. The average Bonchev–Trinajstić information content (AvgIpc) is 3.18. The third-order valence-electron chi connectivity index (χ3n) is 5.49. The van der Waals surface area contributed by atoms with E-state index >= 15 is 0 Å². The molecule has 9 heteroatoms. The lowest BCUT2D eigenvalue weighted by Gasteiger charge is -2.08. The number of hydrogen-bond acceptors (Lipinski definition) is 6. The van der Waals surface area contributed by atoms with E-state index in [-0.39, 0.29) is 18.4 Å². The zero-order valence-electron chi connectivity index (χ0n) is 19.3. The summed E-state index contributed by atoms with van der Waals surface area (Å²) < 4.78 is 12.8. The SMILES string of the molecule is CCn1nc(CCCOC(=O)c2cccc(C(=O)NC)c2)c2c1C(=O)NCCCOCCC2. The smallest absolute Gasteiger partial charge is 0.338 e. The first kappa shape index (κ1) is 24.4. The number of rotatable bonds is 7. The highest BCUT2D eigenvalue weighted by Crippen LogP contribution is 2.20. The first-order chi connectivity index (χ1) is 16.0. The van der Waals surface area contributed by atoms with Gasteiger partial charge < -0.3 is 20.1 Å². The number of fused-ring (bicyclic) bond motifs is 1. The van der Waals surface area contributed by atoms with Crippen LogP contribution in [0.1, 0.15) is 68.6 Å². The summed E-state index contributed by atoms with van der Waals surface area (Å²) in [6.07, 6.45) is 3.48. The Morgan fingerprint density at radius 1 is 1.24 bits per heavy atom. The van der Waals surface area contributed by atoms with E-state index in [4.69, 9.17) is 9.47 Å². The van der Waals surface area contributed by atoms with Crippen LogP contribution in [0, 0.1) is 0 Å². The molecule has 0 spiro atoms. The molecule has 1 aromatic heterocycles. The third kappa shape index (κ3) is 6.41. The monoisotopic (exact) mass is 456 g/mol. The van der Waals surface area contributed by atoms with E-state index < -0.39 is 5.97 Å². The molecule has 3 rings (SSSR count). The van der Waals surface area contributed by atoms with Gasteiger partial charge in [-0.15, -0.1) is 0 Å². The van der Waals surface area contributed by atoms with Crippen LogP contribution in [-0.4, -0.2) is 61.0 Å². The minimum atomic E-state index is -0.476. The second kappa shape index (κ2) is 12.2. The fourth-order valence-electron chi connectivity index (χ4n) is 3.83. The van der Waals surface area contributed by atoms with Gasteiger partial charge in [0.2, 0.25) is 0 Å². The van der Waals surface area contributed by atoms with Gasteiger partial charge in [0, 0.05) is 44.5 Å². The van der Waals surface area contributed by atoms with Gasteiger partial charge in [-0.3, -0.25) is 14.3 Å². The van der Waals surface area contributed by atoms with Crippen LogP contribution in [0.2, 0.25) is 0 Å². The molecule has 0 saturated carbocycles. The molecule has 2 aromatic rings. The van der Waals surface area contributed by atoms with Gasteiger partial charge >= 0.3 is 5.97 Å². The molecule has 0 bridgehead atoms. The predicted molar refractivity (Wildman–Crippen MR) is 122 cm³/mol. The Labute approximate surface area is 193 Å². The van der Waals surface area contributed by atoms with E-state index in [0.717, 1.165) is 24.1 Å². The topological polar surface area (TPSA) is 112 Å². The number of hydrogen-bond donors (Lipinski definition) is 2. The molecule has 1 aliphatic rings. The minimum absolute atomic E-state index is 0.102. The number of benzene rings is 1. The second-order valence-electron chi connectivity index (χ2n) is 7.81. The second-order valence-corrected chi connectivity index (χ2v) is 7.81. The molecule has 0 radical (unpaired) electrons. The van der Waals surface area contributed by atoms with Crippen LogP contribution < -0.4 is 10.6 Å². The highest BCUT2D eigenvalue weighted by Gasteiger charge is 2.23. The fourth-order valence-corrected chi connectivity index (χ4v) is 3.83. The number of ether oxygens (including phenoxy) is 2. The van der Waals surface area contributed by atoms with Crippen LogP contribution in [0.4, 0.5) is 0 Å². The highest BCUT2D eigenvalue weighted by molar-refractivity contribution is 5.97. The predicted octanol–water partition coefficient (Wildman–Crippen LogP) is 2.13. The summed E-state index contributed by atoms with van der Waals surface area (Å²) >= 11 is 0. The van der Waals surface area contributed by atoms with E-state index in [9.17, 15) is 14.4 Å². The number of esters is 1. The standard InChI is InChI=1S/C24H32N4O5/c1-3-28-21-19(10-5-13-32-14-7-12-26-23(21)30)20(27-28)11-6-15-33-24(31)18-9-4-8-17(16-18)22(29)25-2/h4,8-9,16H,3,5-7,10-15H2,1-2H3,(H,25,29)(H,26,30). The maximum Gasteiger partial charge on any atom is 0.338 e. The molecule has 2 heterocycles. The molecule has 33 heavy (non-hydrogen) atoms. The number of carbonyl (C=O) groups excluding carboxylic acids is 3. The summed E-state index contributed by atoms with van der Waals surface area (Å²) in [5.74, 6) is -0.838. The Bertz CT molecular complexity index is 985. The number of nitrogens with zero attached hydrogens (tertiary/aromatic N) is 2. The van der Waals surface area contributed by atoms with Crippen LogP contribution in [0.15, 0.2) is 24.3 Å². The van der Waals surface area contributed by atoms with Gasteiger partial charge in [0.1, 0.15) is 5.69 Å². The molecule has 0 atom stereocenters. The molecule has 0 saturated heterocycles. The van der Waals surface area contributed by atoms with Crippen LogP contribution in [0.3, 0.4) is 0 Å². The van der Waals surface area contributed by atoms with Crippen molar-refractivity contribution in [2.75, 3.05) is 33.4 Å². The van der Waals surface area contributed by atoms with Gasteiger partial charge in [0.15, 0.2) is 0 Å². The van der Waals surface area contributed by atoms with Gasteiger partial charge in [-0.2, -0.15) is 5.10 Å². The van der Waals surface area contributed by atoms with Crippen molar-refractivity contribution >= 4 is 17.8 Å². The van der Waals surface area contributed by atoms with Crippen LogP contribution in [-0.2, 0) is 28.9 Å². The maximum absolute atomic E-state index is 12.8. The summed E-state index contributed by atoms with van der Waals surface area (Å²) in [5, 5.41) is 10.2. The Hall–Kier alpha value is -3.20. The number of carbonyl (C=O) groups is 3. The molecule has 1 aromatic carbocycles. The minimum Gasteiger partial charge on any atom is -0.462 e. The molecule has 2 N–H and O–H groups in total. The van der Waals surface area contributed by atoms with Crippen molar-refractivity contribution in [2.45, 2.75) is 45.6 Å². The van der Waals surface area contributed by atoms with E-state index in [0.29, 0.717) is 62.4 Å². The quantitative estimate of drug-likeness (QED) is 0.488. The van der Waals surface area contributed by atoms with Crippen LogP contribution in [0.5, 0.6) is 0 Å². The largest absolute Gasteiger partial charge is 0.462 e. The third-order valence-corrected chi connectivity index (χ3v) is 5.49. The maximum atomic E-state index is 12.8. The summed E-state index contributed by atoms with van der Waals surface area (Å²) in [6, 6.07) is 6.43. The Morgan fingerprint density at radius 2 is 2.03 bits per heavy atom. The van der Waals surface area contributed by atoms with Crippen molar-refractivity contribution in [3.63, 3.8) is 0 Å². The van der Waals surface area contributed by atoms with Gasteiger partial charge in [-0.05, 0) is 57.2 Å². The lowest BCUT2D eigenvalue weighted by molar-refractivity contribution is 0.0500. The van der Waals surface area contributed by atoms with E-state index in [1.807, 2.05) is 6.92 Å². The molecule has 178 valence electrons. The molecular weight excluding hydrogens is 424 g/mol. The van der Waals surface area contributed by atoms with Gasteiger partial charge in [-0.1, -0.05) is 6.07 Å². The average molecular weight is 457 g/mol. The molecule has 2 amide bonds. The summed E-state index contributed by atoms with van der Waals surface area (Å²) in [5.41, 5.74) is 3.16. The number of aromatic nitrogens is 2. The number of amides is 2. The Morgan fingerprint density at radius 3 is 2.82 bits per heavy atom. The molecule has 9 nitrogen and oxygen atoms in total. The Balaban J connectivity index is 1.64. The van der Waals surface area contributed by atoms with Crippen molar-refractivity contribution in [2.24, 2.45) is 0 Å². The Kier molecular flexibility index (Phi) is 9.00. The molecule has 1 aliphatic heterocycles. The van der Waals surface area contributed by atoms with Crippen molar-refractivity contribution in [1.82, 2.24) is 20.4 Å². The van der Waals surface area contributed by atoms with Crippen LogP contribution >= 0.6 is 0 Å². The van der Waals surface area contributed by atoms with Gasteiger partial charge in [0.25, 0.3) is 11.8 Å². The van der Waals surface area contributed by atoms with Gasteiger partial charge in [-0.25, -0.2) is 4.79 Å². The summed E-state index contributed by atoms with van der Waals surface area (Å²) in [7, 11) is 1.54. The van der Waals surface area contributed by atoms with Gasteiger partial charge in [0.05, 0.1) is 17.9 Å². The lowest BCUT2D eigenvalue weighted by Crippen LogP contribution is -2.28. The normalized spacial score (nSPS) is 14.5. The molecular formula is C24H32N4O5. The summed E-state index contributed by atoms with van der Waals surface area (Å²) in [4.78, 5) is 37.0. The number of nitrogens with one attached hydrogen (secondary N) is 2. The molecule has 0 unspecified atom stereocenters. The zero-order valence-corrected chi connectivity index (χ0v) is 19.3. The first-order valence-electron chi connectivity index (χ1n) is 11.5. The summed E-state index contributed by atoms with van der Waals surface area (Å²) in [6.45, 7) is 4.64. The number of aryl methyl sites for hydroxylation is 2. The fraction of sp³-hybridized carbons (Fsp3) is 0.500. The van der Waals surface area contributed by atoms with E-state index in [1.54, 1.807) is 22.9 Å². The zero-order chi connectivity index (χ0) is 23.6. The van der Waals surface area contributed by atoms with Crippen LogP contribution in [0.25, 0.3) is 0 Å². The van der Waals surface area contributed by atoms with E-state index in [1.165, 1.54) is 13.1 Å². The van der Waals surface area contributed by atoms with E-state index in [2.05, 4.69) is 15.7 Å². The van der Waals surface area contributed by atoms with Crippen molar-refractivity contribution in [3.05, 3.63) is 52.3 Å². The van der Waals surface area contributed by atoms with Crippen molar-refractivity contribution in [3.8, 4) is 0 Å².